The number of benzene rings is 2. The van der Waals surface area contributed by atoms with E-state index in [1.807, 2.05) is 30.5 Å². The first-order valence-corrected chi connectivity index (χ1v) is 8.93. The summed E-state index contributed by atoms with van der Waals surface area (Å²) in [5.74, 6) is -1.34. The van der Waals surface area contributed by atoms with Crippen LogP contribution < -0.4 is 10.6 Å². The number of halogens is 2. The van der Waals surface area contributed by atoms with Gasteiger partial charge in [0, 0.05) is 23.1 Å². The molecule has 0 bridgehead atoms. The van der Waals surface area contributed by atoms with Gasteiger partial charge in [-0.3, -0.25) is 10.1 Å². The molecule has 0 aromatic heterocycles. The van der Waals surface area contributed by atoms with E-state index in [2.05, 4.69) is 10.6 Å². The molecular formula is C18H18F2N2OS. The molecule has 1 fully saturated rings. The van der Waals surface area contributed by atoms with Gasteiger partial charge in [0.25, 0.3) is 0 Å². The highest BCUT2D eigenvalue weighted by atomic mass is 32.2. The number of nitrogens with one attached hydrogen (secondary N) is 2. The summed E-state index contributed by atoms with van der Waals surface area (Å²) in [4.78, 5) is 12.9. The summed E-state index contributed by atoms with van der Waals surface area (Å²) >= 11 is 1.58. The zero-order valence-corrected chi connectivity index (χ0v) is 14.0. The number of hydrogen-bond donors (Lipinski definition) is 2. The lowest BCUT2D eigenvalue weighted by Gasteiger charge is -2.23. The lowest BCUT2D eigenvalue weighted by atomic mass is 9.97. The Morgan fingerprint density at radius 3 is 2.75 bits per heavy atom. The standard InChI is InChI=1S/C18H18F2N2OS/c1-24-13-4-2-3-11(9-13)17(22-16-7-8-21-18(16)23)14-6-5-12(19)10-15(14)20/h2-6,9-10,16-17,22H,7-8H2,1H3,(H,21,23)/t16-,17-/m1/s1. The van der Waals surface area contributed by atoms with Gasteiger partial charge in [-0.15, -0.1) is 11.8 Å². The number of carbonyl (C=O) groups is 1. The van der Waals surface area contributed by atoms with Gasteiger partial charge in [-0.25, -0.2) is 8.78 Å². The number of thioether (sulfide) groups is 1. The van der Waals surface area contributed by atoms with Crippen LogP contribution in [-0.4, -0.2) is 24.7 Å². The summed E-state index contributed by atoms with van der Waals surface area (Å²) in [6, 6.07) is 10.3. The van der Waals surface area contributed by atoms with Gasteiger partial charge in [-0.05, 0) is 36.4 Å². The molecule has 24 heavy (non-hydrogen) atoms. The quantitative estimate of drug-likeness (QED) is 0.815. The molecule has 126 valence electrons. The Labute approximate surface area is 143 Å². The molecule has 0 aliphatic carbocycles. The minimum Gasteiger partial charge on any atom is -0.355 e. The normalized spacial score (nSPS) is 18.5. The molecule has 3 rings (SSSR count). The second kappa shape index (κ2) is 7.32. The molecule has 1 amide bonds. The molecule has 1 heterocycles. The summed E-state index contributed by atoms with van der Waals surface area (Å²) in [6.07, 6.45) is 2.60. The number of carbonyl (C=O) groups excluding carboxylic acids is 1. The van der Waals surface area contributed by atoms with E-state index in [-0.39, 0.29) is 5.91 Å². The van der Waals surface area contributed by atoms with Crippen molar-refractivity contribution < 1.29 is 13.6 Å². The topological polar surface area (TPSA) is 41.1 Å². The van der Waals surface area contributed by atoms with Crippen molar-refractivity contribution in [3.63, 3.8) is 0 Å². The van der Waals surface area contributed by atoms with E-state index in [1.54, 1.807) is 11.8 Å². The van der Waals surface area contributed by atoms with Crippen LogP contribution in [0.2, 0.25) is 0 Å². The molecule has 1 saturated heterocycles. The van der Waals surface area contributed by atoms with Gasteiger partial charge in [0.2, 0.25) is 5.91 Å². The van der Waals surface area contributed by atoms with Crippen LogP contribution in [0.4, 0.5) is 8.78 Å². The Morgan fingerprint density at radius 2 is 2.08 bits per heavy atom. The van der Waals surface area contributed by atoms with Gasteiger partial charge >= 0.3 is 0 Å². The first-order valence-electron chi connectivity index (χ1n) is 7.71. The zero-order valence-electron chi connectivity index (χ0n) is 13.2. The molecule has 2 atom stereocenters. The summed E-state index contributed by atoms with van der Waals surface area (Å²) in [7, 11) is 0. The highest BCUT2D eigenvalue weighted by Gasteiger charge is 2.29. The van der Waals surface area contributed by atoms with Gasteiger partial charge in [-0.1, -0.05) is 18.2 Å². The molecule has 0 unspecified atom stereocenters. The molecule has 1 aliphatic heterocycles. The van der Waals surface area contributed by atoms with Gasteiger partial charge in [-0.2, -0.15) is 0 Å². The molecular weight excluding hydrogens is 330 g/mol. The lowest BCUT2D eigenvalue weighted by Crippen LogP contribution is -2.39. The molecule has 3 nitrogen and oxygen atoms in total. The Balaban J connectivity index is 2.00. The summed E-state index contributed by atoms with van der Waals surface area (Å²) in [5, 5.41) is 5.99. The maximum Gasteiger partial charge on any atom is 0.237 e. The second-order valence-electron chi connectivity index (χ2n) is 5.67. The Kier molecular flexibility index (Phi) is 5.16. The summed E-state index contributed by atoms with van der Waals surface area (Å²) < 4.78 is 27.6. The van der Waals surface area contributed by atoms with Crippen molar-refractivity contribution in [3.8, 4) is 0 Å². The third-order valence-corrected chi connectivity index (χ3v) is 4.84. The second-order valence-corrected chi connectivity index (χ2v) is 6.55. The Hall–Kier alpha value is -1.92. The highest BCUT2D eigenvalue weighted by Crippen LogP contribution is 2.29. The van der Waals surface area contributed by atoms with E-state index in [4.69, 9.17) is 0 Å². The van der Waals surface area contributed by atoms with Crippen molar-refractivity contribution in [1.82, 2.24) is 10.6 Å². The molecule has 0 radical (unpaired) electrons. The number of hydrogen-bond acceptors (Lipinski definition) is 3. The average molecular weight is 348 g/mol. The number of rotatable bonds is 5. The Bertz CT molecular complexity index is 754. The lowest BCUT2D eigenvalue weighted by molar-refractivity contribution is -0.121. The van der Waals surface area contributed by atoms with Crippen molar-refractivity contribution in [2.24, 2.45) is 0 Å². The van der Waals surface area contributed by atoms with Crippen LogP contribution in [0.5, 0.6) is 0 Å². The number of amides is 1. The molecule has 0 spiro atoms. The van der Waals surface area contributed by atoms with Gasteiger partial charge < -0.3 is 5.32 Å². The van der Waals surface area contributed by atoms with Crippen molar-refractivity contribution >= 4 is 17.7 Å². The van der Waals surface area contributed by atoms with Crippen LogP contribution in [0.25, 0.3) is 0 Å². The molecule has 6 heteroatoms. The van der Waals surface area contributed by atoms with E-state index < -0.39 is 23.7 Å². The molecule has 2 N–H and O–H groups in total. The van der Waals surface area contributed by atoms with Crippen molar-refractivity contribution in [2.75, 3.05) is 12.8 Å². The van der Waals surface area contributed by atoms with Crippen LogP contribution in [0.1, 0.15) is 23.6 Å². The third-order valence-electron chi connectivity index (χ3n) is 4.12. The maximum absolute atomic E-state index is 14.4. The smallest absolute Gasteiger partial charge is 0.237 e. The van der Waals surface area contributed by atoms with E-state index in [9.17, 15) is 13.6 Å². The first-order chi connectivity index (χ1) is 11.6. The van der Waals surface area contributed by atoms with Gasteiger partial charge in [0.15, 0.2) is 0 Å². The SMILES string of the molecule is CSc1cccc([C@@H](N[C@@H]2CCNC2=O)c2ccc(F)cc2F)c1. The first kappa shape index (κ1) is 16.9. The third kappa shape index (κ3) is 3.60. The summed E-state index contributed by atoms with van der Waals surface area (Å²) in [6.45, 7) is 0.597. The van der Waals surface area contributed by atoms with Crippen LogP contribution in [-0.2, 0) is 4.79 Å². The largest absolute Gasteiger partial charge is 0.355 e. The minimum absolute atomic E-state index is 0.0939. The van der Waals surface area contributed by atoms with Crippen molar-refractivity contribution in [3.05, 3.63) is 65.2 Å². The fourth-order valence-corrected chi connectivity index (χ4v) is 3.35. The van der Waals surface area contributed by atoms with Gasteiger partial charge in [0.05, 0.1) is 12.1 Å². The van der Waals surface area contributed by atoms with E-state index in [0.717, 1.165) is 16.5 Å². The van der Waals surface area contributed by atoms with E-state index in [1.165, 1.54) is 12.1 Å². The molecule has 0 saturated carbocycles. The van der Waals surface area contributed by atoms with E-state index in [0.29, 0.717) is 18.5 Å². The maximum atomic E-state index is 14.4. The van der Waals surface area contributed by atoms with Crippen molar-refractivity contribution in [1.29, 1.82) is 0 Å². The molecule has 1 aliphatic rings. The fraction of sp³-hybridized carbons (Fsp3) is 0.278. The minimum atomic E-state index is -0.625. The molecule has 2 aromatic rings. The monoisotopic (exact) mass is 348 g/mol. The van der Waals surface area contributed by atoms with Crippen LogP contribution in [0.15, 0.2) is 47.4 Å². The predicted octanol–water partition coefficient (Wildman–Crippen LogP) is 3.25. The van der Waals surface area contributed by atoms with E-state index >= 15 is 0 Å². The van der Waals surface area contributed by atoms with Crippen molar-refractivity contribution in [2.45, 2.75) is 23.4 Å². The van der Waals surface area contributed by atoms with Gasteiger partial charge in [0.1, 0.15) is 11.6 Å². The van der Waals surface area contributed by atoms with Crippen LogP contribution >= 0.6 is 11.8 Å². The fourth-order valence-electron chi connectivity index (χ4n) is 2.88. The predicted molar refractivity (Wildman–Crippen MR) is 91.0 cm³/mol. The highest BCUT2D eigenvalue weighted by molar-refractivity contribution is 7.98. The van der Waals surface area contributed by atoms with Crippen LogP contribution in [0, 0.1) is 11.6 Å². The molecule has 2 aromatic carbocycles. The zero-order chi connectivity index (χ0) is 17.1. The Morgan fingerprint density at radius 1 is 1.25 bits per heavy atom. The van der Waals surface area contributed by atoms with Crippen LogP contribution in [0.3, 0.4) is 0 Å². The average Bonchev–Trinajstić information content (AvgIpc) is 2.98. The summed E-state index contributed by atoms with van der Waals surface area (Å²) in [5.41, 5.74) is 1.17.